The number of aliphatic hydroxyl groups is 1. The minimum absolute atomic E-state index is 0.119. The number of hydrogen-bond donors (Lipinski definition) is 1. The first-order chi connectivity index (χ1) is 5.44. The van der Waals surface area contributed by atoms with Crippen molar-refractivity contribution in [2.75, 3.05) is 20.2 Å². The third-order valence-electron chi connectivity index (χ3n) is 2.40. The topological polar surface area (TPSA) is 57.6 Å². The zero-order chi connectivity index (χ0) is 9.41. The van der Waals surface area contributed by atoms with Gasteiger partial charge in [0.25, 0.3) is 0 Å². The molecular weight excluding hydrogens is 178 g/mol. The van der Waals surface area contributed by atoms with Crippen molar-refractivity contribution in [3.63, 3.8) is 0 Å². The van der Waals surface area contributed by atoms with Crippen LogP contribution in [0.4, 0.5) is 0 Å². The zero-order valence-electron chi connectivity index (χ0n) is 7.45. The molecule has 0 bridgehead atoms. The van der Waals surface area contributed by atoms with Crippen LogP contribution in [0, 0.1) is 0 Å². The van der Waals surface area contributed by atoms with Crippen LogP contribution in [-0.2, 0) is 10.0 Å². The van der Waals surface area contributed by atoms with E-state index in [0.29, 0.717) is 0 Å². The SMILES string of the molecule is CN(CCO)S(=O)(=O)C1(C)CC1. The van der Waals surface area contributed by atoms with E-state index >= 15 is 0 Å². The summed E-state index contributed by atoms with van der Waals surface area (Å²) < 4.78 is 23.9. The van der Waals surface area contributed by atoms with Crippen molar-refractivity contribution in [1.29, 1.82) is 0 Å². The van der Waals surface area contributed by atoms with Crippen LogP contribution in [0.5, 0.6) is 0 Å². The van der Waals surface area contributed by atoms with Crippen LogP contribution in [0.2, 0.25) is 0 Å². The van der Waals surface area contributed by atoms with Crippen molar-refractivity contribution >= 4 is 10.0 Å². The Bertz CT molecular complexity index is 256. The highest BCUT2D eigenvalue weighted by Crippen LogP contribution is 2.44. The van der Waals surface area contributed by atoms with Crippen LogP contribution in [0.1, 0.15) is 19.8 Å². The summed E-state index contributed by atoms with van der Waals surface area (Å²) in [6.07, 6.45) is 1.48. The van der Waals surface area contributed by atoms with Gasteiger partial charge < -0.3 is 5.11 Å². The van der Waals surface area contributed by atoms with Gasteiger partial charge in [-0.25, -0.2) is 12.7 Å². The maximum Gasteiger partial charge on any atom is 0.219 e. The third-order valence-corrected chi connectivity index (χ3v) is 5.06. The number of nitrogens with zero attached hydrogens (tertiary/aromatic N) is 1. The Morgan fingerprint density at radius 3 is 2.33 bits per heavy atom. The summed E-state index contributed by atoms with van der Waals surface area (Å²) in [7, 11) is -1.65. The number of rotatable bonds is 4. The Morgan fingerprint density at radius 2 is 2.00 bits per heavy atom. The quantitative estimate of drug-likeness (QED) is 0.672. The van der Waals surface area contributed by atoms with E-state index in [0.717, 1.165) is 12.8 Å². The normalized spacial score (nSPS) is 21.3. The van der Waals surface area contributed by atoms with Crippen molar-refractivity contribution in [2.24, 2.45) is 0 Å². The molecule has 4 nitrogen and oxygen atoms in total. The van der Waals surface area contributed by atoms with Gasteiger partial charge in [-0.1, -0.05) is 0 Å². The Labute approximate surface area is 73.2 Å². The second-order valence-corrected chi connectivity index (χ2v) is 6.06. The molecule has 72 valence electrons. The Kier molecular flexibility index (Phi) is 2.47. The molecule has 0 atom stereocenters. The van der Waals surface area contributed by atoms with Gasteiger partial charge in [-0.15, -0.1) is 0 Å². The van der Waals surface area contributed by atoms with Crippen molar-refractivity contribution < 1.29 is 13.5 Å². The highest BCUT2D eigenvalue weighted by atomic mass is 32.2. The van der Waals surface area contributed by atoms with Crippen molar-refractivity contribution in [1.82, 2.24) is 4.31 Å². The molecule has 0 radical (unpaired) electrons. The maximum absolute atomic E-state index is 11.6. The highest BCUT2D eigenvalue weighted by Gasteiger charge is 2.51. The number of likely N-dealkylation sites (N-methyl/N-ethyl adjacent to an activating group) is 1. The van der Waals surface area contributed by atoms with Crippen LogP contribution in [0.3, 0.4) is 0 Å². The minimum Gasteiger partial charge on any atom is -0.395 e. The van der Waals surface area contributed by atoms with Gasteiger partial charge in [-0.3, -0.25) is 0 Å². The molecule has 0 aliphatic heterocycles. The molecule has 0 spiro atoms. The average molecular weight is 193 g/mol. The van der Waals surface area contributed by atoms with E-state index in [2.05, 4.69) is 0 Å². The summed E-state index contributed by atoms with van der Waals surface area (Å²) in [6, 6.07) is 0. The summed E-state index contributed by atoms with van der Waals surface area (Å²) in [5.74, 6) is 0. The maximum atomic E-state index is 11.6. The van der Waals surface area contributed by atoms with Gasteiger partial charge in [0.15, 0.2) is 0 Å². The monoisotopic (exact) mass is 193 g/mol. The predicted molar refractivity (Wildman–Crippen MR) is 46.3 cm³/mol. The molecule has 0 saturated heterocycles. The molecule has 1 aliphatic carbocycles. The third kappa shape index (κ3) is 1.48. The fourth-order valence-corrected chi connectivity index (χ4v) is 2.76. The molecule has 12 heavy (non-hydrogen) atoms. The molecule has 0 aromatic carbocycles. The summed E-state index contributed by atoms with van der Waals surface area (Å²) in [4.78, 5) is 0. The molecule has 1 aliphatic rings. The summed E-state index contributed by atoms with van der Waals surface area (Å²) >= 11 is 0. The van der Waals surface area contributed by atoms with Crippen molar-refractivity contribution in [3.8, 4) is 0 Å². The van der Waals surface area contributed by atoms with Crippen LogP contribution in [0.25, 0.3) is 0 Å². The molecule has 0 unspecified atom stereocenters. The van der Waals surface area contributed by atoms with Crippen LogP contribution >= 0.6 is 0 Å². The second kappa shape index (κ2) is 2.97. The van der Waals surface area contributed by atoms with Gasteiger partial charge in [0.05, 0.1) is 11.4 Å². The van der Waals surface area contributed by atoms with Gasteiger partial charge in [0, 0.05) is 13.6 Å². The largest absolute Gasteiger partial charge is 0.395 e. The number of aliphatic hydroxyl groups excluding tert-OH is 1. The minimum atomic E-state index is -3.15. The molecule has 5 heteroatoms. The molecule has 1 saturated carbocycles. The van der Waals surface area contributed by atoms with Crippen molar-refractivity contribution in [3.05, 3.63) is 0 Å². The summed E-state index contributed by atoms with van der Waals surface area (Å²) in [6.45, 7) is 1.82. The zero-order valence-corrected chi connectivity index (χ0v) is 8.26. The number of hydrogen-bond acceptors (Lipinski definition) is 3. The highest BCUT2D eigenvalue weighted by molar-refractivity contribution is 7.90. The first kappa shape index (κ1) is 9.95. The van der Waals surface area contributed by atoms with E-state index in [1.807, 2.05) is 0 Å². The molecule has 1 N–H and O–H groups in total. The van der Waals surface area contributed by atoms with Gasteiger partial charge in [-0.2, -0.15) is 0 Å². The smallest absolute Gasteiger partial charge is 0.219 e. The van der Waals surface area contributed by atoms with E-state index in [-0.39, 0.29) is 13.2 Å². The van der Waals surface area contributed by atoms with E-state index in [1.54, 1.807) is 6.92 Å². The predicted octanol–water partition coefficient (Wildman–Crippen LogP) is -0.207. The van der Waals surface area contributed by atoms with Gasteiger partial charge in [0.1, 0.15) is 0 Å². The fourth-order valence-electron chi connectivity index (χ4n) is 1.07. The van der Waals surface area contributed by atoms with Crippen LogP contribution in [0.15, 0.2) is 0 Å². The standard InChI is InChI=1S/C7H15NO3S/c1-7(3-4-7)12(10,11)8(2)5-6-9/h9H,3-6H2,1-2H3. The Balaban J connectivity index is 2.72. The lowest BCUT2D eigenvalue weighted by molar-refractivity contribution is 0.265. The van der Waals surface area contributed by atoms with Gasteiger partial charge in [0.2, 0.25) is 10.0 Å². The first-order valence-electron chi connectivity index (χ1n) is 4.01. The van der Waals surface area contributed by atoms with E-state index in [4.69, 9.17) is 5.11 Å². The van der Waals surface area contributed by atoms with Crippen LogP contribution < -0.4 is 0 Å². The van der Waals surface area contributed by atoms with Gasteiger partial charge in [-0.05, 0) is 19.8 Å². The Hall–Kier alpha value is -0.130. The number of sulfonamides is 1. The molecule has 0 aromatic rings. The molecular formula is C7H15NO3S. The molecule has 0 aromatic heterocycles. The average Bonchev–Trinajstić information content (AvgIpc) is 2.70. The molecule has 1 fully saturated rings. The Morgan fingerprint density at radius 1 is 1.50 bits per heavy atom. The summed E-state index contributed by atoms with van der Waals surface area (Å²) in [5.41, 5.74) is 0. The lowest BCUT2D eigenvalue weighted by Gasteiger charge is -2.20. The lowest BCUT2D eigenvalue weighted by Crippen LogP contribution is -2.37. The van der Waals surface area contributed by atoms with E-state index < -0.39 is 14.8 Å². The molecule has 1 rings (SSSR count). The van der Waals surface area contributed by atoms with Gasteiger partial charge >= 0.3 is 0 Å². The fraction of sp³-hybridized carbons (Fsp3) is 1.00. The lowest BCUT2D eigenvalue weighted by atomic mass is 10.5. The molecule has 0 amide bonds. The van der Waals surface area contributed by atoms with Crippen molar-refractivity contribution in [2.45, 2.75) is 24.5 Å². The molecule has 0 heterocycles. The summed E-state index contributed by atoms with van der Waals surface area (Å²) in [5, 5.41) is 8.58. The van der Waals surface area contributed by atoms with E-state index in [1.165, 1.54) is 11.4 Å². The first-order valence-corrected chi connectivity index (χ1v) is 5.45. The second-order valence-electron chi connectivity index (χ2n) is 3.50. The van der Waals surface area contributed by atoms with Crippen LogP contribution in [-0.4, -0.2) is 42.8 Å². The van der Waals surface area contributed by atoms with E-state index in [9.17, 15) is 8.42 Å².